The lowest BCUT2D eigenvalue weighted by Gasteiger charge is -2.24. The SMILES string of the molecule is Cc1cnc2c(c1)nc(-c1cccc(F)c1)n2C(C)(C)C(=O)O. The van der Waals surface area contributed by atoms with E-state index in [1.54, 1.807) is 36.7 Å². The third-order valence-electron chi connectivity index (χ3n) is 3.80. The van der Waals surface area contributed by atoms with Crippen molar-refractivity contribution in [3.8, 4) is 11.4 Å². The molecule has 0 saturated heterocycles. The lowest BCUT2D eigenvalue weighted by Crippen LogP contribution is -2.36. The Kier molecular flexibility index (Phi) is 3.39. The minimum Gasteiger partial charge on any atom is -0.480 e. The monoisotopic (exact) mass is 313 g/mol. The van der Waals surface area contributed by atoms with Crippen molar-refractivity contribution in [1.82, 2.24) is 14.5 Å². The molecule has 0 aliphatic carbocycles. The second kappa shape index (κ2) is 5.15. The lowest BCUT2D eigenvalue weighted by molar-refractivity contribution is -0.145. The normalized spacial score (nSPS) is 11.8. The van der Waals surface area contributed by atoms with Crippen molar-refractivity contribution in [2.75, 3.05) is 0 Å². The van der Waals surface area contributed by atoms with Crippen molar-refractivity contribution >= 4 is 17.1 Å². The number of nitrogens with zero attached hydrogens (tertiary/aromatic N) is 3. The van der Waals surface area contributed by atoms with Crippen molar-refractivity contribution in [2.24, 2.45) is 0 Å². The molecule has 118 valence electrons. The Bertz CT molecular complexity index is 915. The van der Waals surface area contributed by atoms with E-state index in [1.165, 1.54) is 12.1 Å². The van der Waals surface area contributed by atoms with Crippen molar-refractivity contribution in [3.63, 3.8) is 0 Å². The number of rotatable bonds is 3. The highest BCUT2D eigenvalue weighted by Crippen LogP contribution is 2.31. The van der Waals surface area contributed by atoms with Gasteiger partial charge in [0, 0.05) is 11.8 Å². The van der Waals surface area contributed by atoms with Crippen LogP contribution in [0.2, 0.25) is 0 Å². The van der Waals surface area contributed by atoms with E-state index in [0.29, 0.717) is 22.6 Å². The van der Waals surface area contributed by atoms with Crippen LogP contribution in [0.3, 0.4) is 0 Å². The quantitative estimate of drug-likeness (QED) is 0.805. The van der Waals surface area contributed by atoms with Crippen LogP contribution in [-0.2, 0) is 10.3 Å². The fourth-order valence-corrected chi connectivity index (χ4v) is 2.51. The molecule has 2 aromatic heterocycles. The highest BCUT2D eigenvalue weighted by atomic mass is 19.1. The molecule has 0 fully saturated rings. The van der Waals surface area contributed by atoms with Gasteiger partial charge in [-0.15, -0.1) is 0 Å². The van der Waals surface area contributed by atoms with Crippen LogP contribution in [0.1, 0.15) is 19.4 Å². The van der Waals surface area contributed by atoms with Gasteiger partial charge in [0.05, 0.1) is 0 Å². The van der Waals surface area contributed by atoms with E-state index in [2.05, 4.69) is 9.97 Å². The van der Waals surface area contributed by atoms with E-state index in [9.17, 15) is 14.3 Å². The molecule has 3 aromatic rings. The summed E-state index contributed by atoms with van der Waals surface area (Å²) in [5.74, 6) is -1.04. The fourth-order valence-electron chi connectivity index (χ4n) is 2.51. The number of carbonyl (C=O) groups is 1. The number of benzene rings is 1. The molecule has 6 heteroatoms. The average Bonchev–Trinajstić information content (AvgIpc) is 2.86. The Balaban J connectivity index is 2.39. The number of hydrogen-bond donors (Lipinski definition) is 1. The standard InChI is InChI=1S/C17H16FN3O2/c1-10-7-13-15(19-9-10)21(17(2,3)16(22)23)14(20-13)11-5-4-6-12(18)8-11/h4-9H,1-3H3,(H,22,23). The molecule has 0 aliphatic heterocycles. The molecular weight excluding hydrogens is 297 g/mol. The average molecular weight is 313 g/mol. The first-order chi connectivity index (χ1) is 10.8. The Morgan fingerprint density at radius 3 is 2.70 bits per heavy atom. The number of aromatic nitrogens is 3. The first kappa shape index (κ1) is 15.1. The molecule has 0 aliphatic rings. The van der Waals surface area contributed by atoms with Crippen molar-refractivity contribution in [3.05, 3.63) is 47.9 Å². The van der Waals surface area contributed by atoms with Crippen molar-refractivity contribution < 1.29 is 14.3 Å². The number of halogens is 1. The van der Waals surface area contributed by atoms with Crippen molar-refractivity contribution in [1.29, 1.82) is 0 Å². The minimum atomic E-state index is -1.28. The zero-order valence-electron chi connectivity index (χ0n) is 13.0. The highest BCUT2D eigenvalue weighted by Gasteiger charge is 2.34. The number of fused-ring (bicyclic) bond motifs is 1. The van der Waals surface area contributed by atoms with Gasteiger partial charge in [-0.25, -0.2) is 19.2 Å². The molecule has 0 radical (unpaired) electrons. The molecule has 0 atom stereocenters. The molecule has 0 saturated carbocycles. The molecule has 5 nitrogen and oxygen atoms in total. The molecule has 2 heterocycles. The summed E-state index contributed by atoms with van der Waals surface area (Å²) < 4.78 is 15.1. The second-order valence-electron chi connectivity index (χ2n) is 6.00. The van der Waals surface area contributed by atoms with Gasteiger partial charge in [-0.05, 0) is 44.5 Å². The Morgan fingerprint density at radius 2 is 2.04 bits per heavy atom. The molecule has 1 N–H and O–H groups in total. The van der Waals surface area contributed by atoms with Crippen LogP contribution < -0.4 is 0 Å². The smallest absolute Gasteiger partial charge is 0.329 e. The summed E-state index contributed by atoms with van der Waals surface area (Å²) >= 11 is 0. The lowest BCUT2D eigenvalue weighted by atomic mass is 10.0. The Morgan fingerprint density at radius 1 is 1.30 bits per heavy atom. The van der Waals surface area contributed by atoms with Crippen LogP contribution in [0.15, 0.2) is 36.5 Å². The molecule has 0 spiro atoms. The topological polar surface area (TPSA) is 68.0 Å². The van der Waals surface area contributed by atoms with Gasteiger partial charge in [-0.1, -0.05) is 12.1 Å². The molecule has 23 heavy (non-hydrogen) atoms. The zero-order valence-corrected chi connectivity index (χ0v) is 13.0. The summed E-state index contributed by atoms with van der Waals surface area (Å²) in [6.45, 7) is 5.03. The number of aryl methyl sites for hydroxylation is 1. The predicted molar refractivity (Wildman–Crippen MR) is 84.6 cm³/mol. The maximum absolute atomic E-state index is 13.6. The number of aliphatic carboxylic acids is 1. The van der Waals surface area contributed by atoms with Crippen LogP contribution in [0.5, 0.6) is 0 Å². The van der Waals surface area contributed by atoms with Gasteiger partial charge in [-0.2, -0.15) is 0 Å². The largest absolute Gasteiger partial charge is 0.480 e. The molecule has 3 rings (SSSR count). The van der Waals surface area contributed by atoms with E-state index in [1.807, 2.05) is 13.0 Å². The van der Waals surface area contributed by atoms with Gasteiger partial charge >= 0.3 is 5.97 Å². The maximum Gasteiger partial charge on any atom is 0.329 e. The first-order valence-corrected chi connectivity index (χ1v) is 7.15. The summed E-state index contributed by atoms with van der Waals surface area (Å²) in [7, 11) is 0. The second-order valence-corrected chi connectivity index (χ2v) is 6.00. The first-order valence-electron chi connectivity index (χ1n) is 7.15. The van der Waals surface area contributed by atoms with Crippen molar-refractivity contribution in [2.45, 2.75) is 26.3 Å². The van der Waals surface area contributed by atoms with Gasteiger partial charge in [-0.3, -0.25) is 4.57 Å². The third kappa shape index (κ3) is 2.46. The number of hydrogen-bond acceptors (Lipinski definition) is 3. The van der Waals surface area contributed by atoms with E-state index in [0.717, 1.165) is 5.56 Å². The Labute approximate surface area is 132 Å². The maximum atomic E-state index is 13.6. The molecule has 0 bridgehead atoms. The molecular formula is C17H16FN3O2. The number of carboxylic acid groups (broad SMARTS) is 1. The highest BCUT2D eigenvalue weighted by molar-refractivity contribution is 5.84. The molecule has 0 amide bonds. The third-order valence-corrected chi connectivity index (χ3v) is 3.80. The van der Waals surface area contributed by atoms with E-state index < -0.39 is 17.3 Å². The fraction of sp³-hybridized carbons (Fsp3) is 0.235. The molecule has 0 unspecified atom stereocenters. The van der Waals surface area contributed by atoms with Crippen LogP contribution >= 0.6 is 0 Å². The van der Waals surface area contributed by atoms with Crippen LogP contribution in [-0.4, -0.2) is 25.6 Å². The summed E-state index contributed by atoms with van der Waals surface area (Å²) in [4.78, 5) is 20.6. The minimum absolute atomic E-state index is 0.380. The summed E-state index contributed by atoms with van der Waals surface area (Å²) in [5.41, 5.74) is 1.19. The zero-order chi connectivity index (χ0) is 16.8. The van der Waals surface area contributed by atoms with Crippen LogP contribution in [0.4, 0.5) is 4.39 Å². The summed E-state index contributed by atoms with van der Waals surface area (Å²) in [6.07, 6.45) is 1.66. The van der Waals surface area contributed by atoms with Crippen LogP contribution in [0.25, 0.3) is 22.6 Å². The van der Waals surface area contributed by atoms with Gasteiger partial charge in [0.1, 0.15) is 22.7 Å². The number of pyridine rings is 1. The van der Waals surface area contributed by atoms with Gasteiger partial charge in [0.25, 0.3) is 0 Å². The number of carboxylic acids is 1. The van der Waals surface area contributed by atoms with Gasteiger partial charge in [0.2, 0.25) is 0 Å². The van der Waals surface area contributed by atoms with Gasteiger partial charge in [0.15, 0.2) is 5.65 Å². The Hall–Kier alpha value is -2.76. The van der Waals surface area contributed by atoms with E-state index in [4.69, 9.17) is 0 Å². The summed E-state index contributed by atoms with van der Waals surface area (Å²) in [5, 5.41) is 9.60. The van der Waals surface area contributed by atoms with E-state index >= 15 is 0 Å². The van der Waals surface area contributed by atoms with Gasteiger partial charge < -0.3 is 5.11 Å². The molecule has 1 aromatic carbocycles. The predicted octanol–water partition coefficient (Wildman–Crippen LogP) is 3.37. The van der Waals surface area contributed by atoms with Crippen LogP contribution in [0, 0.1) is 12.7 Å². The number of imidazole rings is 1. The van der Waals surface area contributed by atoms with E-state index in [-0.39, 0.29) is 0 Å². The summed E-state index contributed by atoms with van der Waals surface area (Å²) in [6, 6.07) is 7.77.